The number of nitro benzene ring substituents is 1. The molecule has 0 aromatic heterocycles. The van der Waals surface area contributed by atoms with Crippen molar-refractivity contribution in [2.24, 2.45) is 0 Å². The summed E-state index contributed by atoms with van der Waals surface area (Å²) in [6.45, 7) is 5.88. The molecule has 0 aliphatic carbocycles. The van der Waals surface area contributed by atoms with Crippen molar-refractivity contribution in [1.82, 2.24) is 5.32 Å². The molecule has 1 aromatic carbocycles. The second-order valence-corrected chi connectivity index (χ2v) is 6.22. The molecule has 0 spiro atoms. The van der Waals surface area contributed by atoms with Gasteiger partial charge in [-0.2, -0.15) is 0 Å². The predicted molar refractivity (Wildman–Crippen MR) is 86.2 cm³/mol. The highest BCUT2D eigenvalue weighted by molar-refractivity contribution is 6.31. The number of benzene rings is 1. The number of hydrogen-bond acceptors (Lipinski definition) is 4. The van der Waals surface area contributed by atoms with Crippen molar-refractivity contribution < 1.29 is 4.92 Å². The van der Waals surface area contributed by atoms with Crippen molar-refractivity contribution in [2.75, 3.05) is 18.0 Å². The molecule has 1 saturated heterocycles. The maximum absolute atomic E-state index is 11.3. The van der Waals surface area contributed by atoms with Crippen LogP contribution < -0.4 is 10.2 Å². The summed E-state index contributed by atoms with van der Waals surface area (Å²) < 4.78 is 0. The summed E-state index contributed by atoms with van der Waals surface area (Å²) in [5.74, 6) is 0. The van der Waals surface area contributed by atoms with Crippen LogP contribution >= 0.6 is 11.6 Å². The van der Waals surface area contributed by atoms with Gasteiger partial charge in [-0.3, -0.25) is 10.1 Å². The van der Waals surface area contributed by atoms with Gasteiger partial charge in [0.1, 0.15) is 5.69 Å². The van der Waals surface area contributed by atoms with E-state index in [0.29, 0.717) is 16.8 Å². The molecule has 2 rings (SSSR count). The normalized spacial score (nSPS) is 18.8. The molecule has 1 N–H and O–H groups in total. The number of anilines is 1. The molecule has 5 nitrogen and oxygen atoms in total. The van der Waals surface area contributed by atoms with Crippen LogP contribution in [0.5, 0.6) is 0 Å². The molecule has 1 aliphatic rings. The average Bonchev–Trinajstić information content (AvgIpc) is 2.45. The summed E-state index contributed by atoms with van der Waals surface area (Å²) in [5, 5.41) is 15.3. The zero-order chi connectivity index (χ0) is 15.4. The maximum atomic E-state index is 11.3. The summed E-state index contributed by atoms with van der Waals surface area (Å²) in [5.41, 5.74) is 0.721. The fraction of sp³-hybridized carbons (Fsp3) is 0.600. The van der Waals surface area contributed by atoms with Gasteiger partial charge in [0, 0.05) is 29.7 Å². The highest BCUT2D eigenvalue weighted by atomic mass is 35.5. The molecule has 116 valence electrons. The van der Waals surface area contributed by atoms with Crippen molar-refractivity contribution in [2.45, 2.75) is 45.2 Å². The van der Waals surface area contributed by atoms with E-state index in [1.54, 1.807) is 12.1 Å². The lowest BCUT2D eigenvalue weighted by Gasteiger charge is -2.34. The molecule has 1 aromatic rings. The quantitative estimate of drug-likeness (QED) is 0.666. The van der Waals surface area contributed by atoms with Crippen LogP contribution in [0.3, 0.4) is 0 Å². The van der Waals surface area contributed by atoms with Gasteiger partial charge in [0.05, 0.1) is 4.92 Å². The van der Waals surface area contributed by atoms with Crippen molar-refractivity contribution >= 4 is 23.0 Å². The Balaban J connectivity index is 2.28. The fourth-order valence-electron chi connectivity index (χ4n) is 2.79. The second-order valence-electron chi connectivity index (χ2n) is 5.78. The van der Waals surface area contributed by atoms with E-state index in [1.165, 1.54) is 18.9 Å². The molecule has 0 radical (unpaired) electrons. The van der Waals surface area contributed by atoms with E-state index >= 15 is 0 Å². The van der Waals surface area contributed by atoms with E-state index in [9.17, 15) is 10.1 Å². The number of nitrogens with zero attached hydrogens (tertiary/aromatic N) is 2. The van der Waals surface area contributed by atoms with Gasteiger partial charge in [0.25, 0.3) is 5.69 Å². The Labute approximate surface area is 130 Å². The van der Waals surface area contributed by atoms with Crippen LogP contribution in [0.2, 0.25) is 5.02 Å². The SMILES string of the molecule is CC(C)N(CC1CCCCN1)c1cc(Cl)ccc1[N+](=O)[O-]. The zero-order valence-electron chi connectivity index (χ0n) is 12.5. The minimum absolute atomic E-state index is 0.115. The minimum atomic E-state index is -0.338. The maximum Gasteiger partial charge on any atom is 0.292 e. The van der Waals surface area contributed by atoms with E-state index in [2.05, 4.69) is 10.2 Å². The smallest absolute Gasteiger partial charge is 0.292 e. The van der Waals surface area contributed by atoms with Gasteiger partial charge >= 0.3 is 0 Å². The van der Waals surface area contributed by atoms with Gasteiger partial charge in [-0.1, -0.05) is 18.0 Å². The predicted octanol–water partition coefficient (Wildman–Crippen LogP) is 3.61. The van der Waals surface area contributed by atoms with E-state index in [-0.39, 0.29) is 16.7 Å². The van der Waals surface area contributed by atoms with Crippen LogP contribution in [0.4, 0.5) is 11.4 Å². The molecule has 0 saturated carbocycles. The largest absolute Gasteiger partial charge is 0.362 e. The zero-order valence-corrected chi connectivity index (χ0v) is 13.3. The molecule has 1 heterocycles. The molecular formula is C15H22ClN3O2. The van der Waals surface area contributed by atoms with Gasteiger partial charge in [0.2, 0.25) is 0 Å². The van der Waals surface area contributed by atoms with Crippen LogP contribution in [0, 0.1) is 10.1 Å². The summed E-state index contributed by atoms with van der Waals surface area (Å²) >= 11 is 6.05. The molecule has 21 heavy (non-hydrogen) atoms. The number of piperidine rings is 1. The topological polar surface area (TPSA) is 58.4 Å². The first kappa shape index (κ1) is 16.0. The van der Waals surface area contributed by atoms with Crippen molar-refractivity contribution in [1.29, 1.82) is 0 Å². The summed E-state index contributed by atoms with van der Waals surface area (Å²) in [7, 11) is 0. The van der Waals surface area contributed by atoms with Crippen molar-refractivity contribution in [3.63, 3.8) is 0 Å². The number of nitro groups is 1. The number of hydrogen-bond donors (Lipinski definition) is 1. The first-order chi connectivity index (χ1) is 9.99. The highest BCUT2D eigenvalue weighted by Gasteiger charge is 2.25. The van der Waals surface area contributed by atoms with Crippen LogP contribution in [-0.4, -0.2) is 30.1 Å². The second kappa shape index (κ2) is 7.09. The third-order valence-corrected chi connectivity index (χ3v) is 4.13. The molecule has 1 unspecified atom stereocenters. The monoisotopic (exact) mass is 311 g/mol. The molecule has 6 heteroatoms. The van der Waals surface area contributed by atoms with Crippen LogP contribution in [-0.2, 0) is 0 Å². The Kier molecular flexibility index (Phi) is 5.42. The summed E-state index contributed by atoms with van der Waals surface area (Å²) in [6, 6.07) is 5.30. The minimum Gasteiger partial charge on any atom is -0.362 e. The Morgan fingerprint density at radius 2 is 2.24 bits per heavy atom. The van der Waals surface area contributed by atoms with Gasteiger partial charge in [-0.05, 0) is 45.4 Å². The van der Waals surface area contributed by atoms with Gasteiger partial charge in [-0.25, -0.2) is 0 Å². The summed E-state index contributed by atoms with van der Waals surface area (Å²) in [4.78, 5) is 13.0. The van der Waals surface area contributed by atoms with Crippen molar-refractivity contribution in [3.8, 4) is 0 Å². The third kappa shape index (κ3) is 4.08. The first-order valence-electron chi connectivity index (χ1n) is 7.43. The van der Waals surface area contributed by atoms with Crippen molar-refractivity contribution in [3.05, 3.63) is 33.3 Å². The van der Waals surface area contributed by atoms with Gasteiger partial charge in [-0.15, -0.1) is 0 Å². The van der Waals surface area contributed by atoms with E-state index in [1.807, 2.05) is 13.8 Å². The molecular weight excluding hydrogens is 290 g/mol. The van der Waals surface area contributed by atoms with Crippen LogP contribution in [0.25, 0.3) is 0 Å². The van der Waals surface area contributed by atoms with Crippen LogP contribution in [0.15, 0.2) is 18.2 Å². The Bertz CT molecular complexity index is 502. The number of halogens is 1. The Hall–Kier alpha value is -1.33. The van der Waals surface area contributed by atoms with E-state index in [0.717, 1.165) is 19.5 Å². The number of rotatable bonds is 5. The van der Waals surface area contributed by atoms with E-state index in [4.69, 9.17) is 11.6 Å². The highest BCUT2D eigenvalue weighted by Crippen LogP contribution is 2.32. The molecule has 1 atom stereocenters. The van der Waals surface area contributed by atoms with Gasteiger partial charge in [0.15, 0.2) is 0 Å². The van der Waals surface area contributed by atoms with Crippen LogP contribution in [0.1, 0.15) is 33.1 Å². The summed E-state index contributed by atoms with van der Waals surface area (Å²) in [6.07, 6.45) is 3.52. The lowest BCUT2D eigenvalue weighted by molar-refractivity contribution is -0.384. The molecule has 1 fully saturated rings. The molecule has 1 aliphatic heterocycles. The lowest BCUT2D eigenvalue weighted by atomic mass is 10.0. The fourth-order valence-corrected chi connectivity index (χ4v) is 2.95. The Morgan fingerprint density at radius 1 is 1.48 bits per heavy atom. The lowest BCUT2D eigenvalue weighted by Crippen LogP contribution is -2.46. The third-order valence-electron chi connectivity index (χ3n) is 3.90. The standard InChI is InChI=1S/C15H22ClN3O2/c1-11(2)18(10-13-5-3-4-8-17-13)15-9-12(16)6-7-14(15)19(20)21/h6-7,9,11,13,17H,3-5,8,10H2,1-2H3. The Morgan fingerprint density at radius 3 is 2.81 bits per heavy atom. The average molecular weight is 312 g/mol. The molecule has 0 amide bonds. The van der Waals surface area contributed by atoms with E-state index < -0.39 is 0 Å². The number of nitrogens with one attached hydrogen (secondary N) is 1. The first-order valence-corrected chi connectivity index (χ1v) is 7.81. The van der Waals surface area contributed by atoms with Gasteiger partial charge < -0.3 is 10.2 Å². The molecule has 0 bridgehead atoms.